The molecular formula is C10H25N. The first-order chi connectivity index (χ1) is 4.93. The van der Waals surface area contributed by atoms with Gasteiger partial charge in [0.2, 0.25) is 0 Å². The van der Waals surface area contributed by atoms with Gasteiger partial charge in [0.1, 0.15) is 0 Å². The SMILES string of the molecule is C.CC.CNC1CCCCC1. The lowest BCUT2D eigenvalue weighted by Gasteiger charge is -2.20. The van der Waals surface area contributed by atoms with E-state index in [1.54, 1.807) is 0 Å². The number of hydrogen-bond donors (Lipinski definition) is 1. The third-order valence-electron chi connectivity index (χ3n) is 2.01. The Hall–Kier alpha value is -0.0400. The molecule has 0 aliphatic heterocycles. The summed E-state index contributed by atoms with van der Waals surface area (Å²) >= 11 is 0. The van der Waals surface area contributed by atoms with Gasteiger partial charge in [-0.05, 0) is 19.9 Å². The zero-order chi connectivity index (χ0) is 7.82. The molecule has 0 heterocycles. The van der Waals surface area contributed by atoms with Gasteiger partial charge in [0.05, 0.1) is 0 Å². The molecule has 1 aliphatic carbocycles. The molecule has 0 aromatic carbocycles. The molecule has 0 amide bonds. The minimum atomic E-state index is 0. The summed E-state index contributed by atoms with van der Waals surface area (Å²) in [5, 5.41) is 3.30. The van der Waals surface area contributed by atoms with Crippen molar-refractivity contribution in [3.8, 4) is 0 Å². The van der Waals surface area contributed by atoms with Gasteiger partial charge in [-0.15, -0.1) is 0 Å². The fourth-order valence-electron chi connectivity index (χ4n) is 1.39. The largest absolute Gasteiger partial charge is 0.317 e. The van der Waals surface area contributed by atoms with Gasteiger partial charge in [-0.2, -0.15) is 0 Å². The van der Waals surface area contributed by atoms with Crippen molar-refractivity contribution in [2.24, 2.45) is 0 Å². The second kappa shape index (κ2) is 9.96. The second-order valence-corrected chi connectivity index (χ2v) is 2.62. The summed E-state index contributed by atoms with van der Waals surface area (Å²) in [6.07, 6.45) is 7.13. The summed E-state index contributed by atoms with van der Waals surface area (Å²) in [5.74, 6) is 0. The average molecular weight is 159 g/mol. The zero-order valence-electron chi connectivity index (χ0n) is 7.61. The van der Waals surface area contributed by atoms with Crippen molar-refractivity contribution in [1.82, 2.24) is 5.32 Å². The number of rotatable bonds is 1. The predicted octanol–water partition coefficient (Wildman–Crippen LogP) is 3.20. The highest BCUT2D eigenvalue weighted by molar-refractivity contribution is 4.68. The topological polar surface area (TPSA) is 12.0 Å². The molecule has 0 bridgehead atoms. The van der Waals surface area contributed by atoms with Crippen LogP contribution in [0.2, 0.25) is 0 Å². The molecule has 11 heavy (non-hydrogen) atoms. The Bertz CT molecular complexity index is 55.9. The van der Waals surface area contributed by atoms with Crippen LogP contribution in [0.5, 0.6) is 0 Å². The van der Waals surface area contributed by atoms with E-state index in [2.05, 4.69) is 12.4 Å². The maximum atomic E-state index is 3.30. The van der Waals surface area contributed by atoms with Crippen LogP contribution in [0, 0.1) is 0 Å². The summed E-state index contributed by atoms with van der Waals surface area (Å²) in [6.45, 7) is 4.00. The quantitative estimate of drug-likeness (QED) is 0.619. The van der Waals surface area contributed by atoms with Gasteiger partial charge in [-0.25, -0.2) is 0 Å². The third kappa shape index (κ3) is 6.36. The summed E-state index contributed by atoms with van der Waals surface area (Å²) < 4.78 is 0. The Morgan fingerprint density at radius 1 is 1.00 bits per heavy atom. The first-order valence-corrected chi connectivity index (χ1v) is 4.61. The molecular weight excluding hydrogens is 134 g/mol. The highest BCUT2D eigenvalue weighted by Gasteiger charge is 2.09. The van der Waals surface area contributed by atoms with Crippen LogP contribution in [0.1, 0.15) is 53.4 Å². The Labute approximate surface area is 72.6 Å². The molecule has 70 valence electrons. The molecule has 1 saturated carbocycles. The number of nitrogens with one attached hydrogen (secondary N) is 1. The molecule has 1 fully saturated rings. The Morgan fingerprint density at radius 3 is 1.73 bits per heavy atom. The van der Waals surface area contributed by atoms with Crippen LogP contribution in [-0.2, 0) is 0 Å². The van der Waals surface area contributed by atoms with E-state index in [9.17, 15) is 0 Å². The minimum absolute atomic E-state index is 0. The Kier molecular flexibility index (Phi) is 12.3. The van der Waals surface area contributed by atoms with E-state index < -0.39 is 0 Å². The lowest BCUT2D eigenvalue weighted by atomic mass is 9.96. The third-order valence-corrected chi connectivity index (χ3v) is 2.01. The predicted molar refractivity (Wildman–Crippen MR) is 54.0 cm³/mol. The zero-order valence-corrected chi connectivity index (χ0v) is 7.61. The monoisotopic (exact) mass is 159 g/mol. The number of hydrogen-bond acceptors (Lipinski definition) is 1. The van der Waals surface area contributed by atoms with Crippen LogP contribution in [0.15, 0.2) is 0 Å². The lowest BCUT2D eigenvalue weighted by molar-refractivity contribution is 0.394. The van der Waals surface area contributed by atoms with Crippen LogP contribution in [-0.4, -0.2) is 13.1 Å². The molecule has 1 heteroatoms. The van der Waals surface area contributed by atoms with Crippen molar-refractivity contribution in [1.29, 1.82) is 0 Å². The Morgan fingerprint density at radius 2 is 1.45 bits per heavy atom. The molecule has 0 aromatic heterocycles. The minimum Gasteiger partial charge on any atom is -0.317 e. The standard InChI is InChI=1S/C7H15N.C2H6.CH4/c1-8-7-5-3-2-4-6-7;1-2;/h7-8H,2-6H2,1H3;1-2H3;1H4. The molecule has 0 atom stereocenters. The second-order valence-electron chi connectivity index (χ2n) is 2.62. The van der Waals surface area contributed by atoms with Crippen molar-refractivity contribution >= 4 is 0 Å². The fraction of sp³-hybridized carbons (Fsp3) is 1.00. The van der Waals surface area contributed by atoms with Gasteiger partial charge in [0.25, 0.3) is 0 Å². The maximum Gasteiger partial charge on any atom is 0.00640 e. The van der Waals surface area contributed by atoms with E-state index in [0.29, 0.717) is 0 Å². The van der Waals surface area contributed by atoms with Crippen molar-refractivity contribution in [2.75, 3.05) is 7.05 Å². The van der Waals surface area contributed by atoms with Gasteiger partial charge < -0.3 is 5.32 Å². The smallest absolute Gasteiger partial charge is 0.00640 e. The van der Waals surface area contributed by atoms with Crippen LogP contribution in [0.4, 0.5) is 0 Å². The maximum absolute atomic E-state index is 3.30. The van der Waals surface area contributed by atoms with Crippen molar-refractivity contribution < 1.29 is 0 Å². The van der Waals surface area contributed by atoms with Gasteiger partial charge in [0.15, 0.2) is 0 Å². The first-order valence-electron chi connectivity index (χ1n) is 4.61. The van der Waals surface area contributed by atoms with Crippen LogP contribution >= 0.6 is 0 Å². The van der Waals surface area contributed by atoms with Crippen LogP contribution < -0.4 is 5.32 Å². The van der Waals surface area contributed by atoms with E-state index in [4.69, 9.17) is 0 Å². The normalized spacial score (nSPS) is 17.7. The van der Waals surface area contributed by atoms with E-state index >= 15 is 0 Å². The van der Waals surface area contributed by atoms with Crippen molar-refractivity contribution in [3.05, 3.63) is 0 Å². The molecule has 0 radical (unpaired) electrons. The van der Waals surface area contributed by atoms with E-state index in [1.165, 1.54) is 32.1 Å². The molecule has 1 rings (SSSR count). The van der Waals surface area contributed by atoms with E-state index in [1.807, 2.05) is 13.8 Å². The highest BCUT2D eigenvalue weighted by Crippen LogP contribution is 2.16. The molecule has 1 N–H and O–H groups in total. The van der Waals surface area contributed by atoms with E-state index in [0.717, 1.165) is 6.04 Å². The van der Waals surface area contributed by atoms with Gasteiger partial charge in [-0.3, -0.25) is 0 Å². The van der Waals surface area contributed by atoms with Crippen molar-refractivity contribution in [2.45, 2.75) is 59.4 Å². The van der Waals surface area contributed by atoms with Gasteiger partial charge >= 0.3 is 0 Å². The summed E-state index contributed by atoms with van der Waals surface area (Å²) in [5.41, 5.74) is 0. The molecule has 0 saturated heterocycles. The molecule has 1 nitrogen and oxygen atoms in total. The van der Waals surface area contributed by atoms with Crippen molar-refractivity contribution in [3.63, 3.8) is 0 Å². The Balaban J connectivity index is 0. The van der Waals surface area contributed by atoms with Crippen LogP contribution in [0.25, 0.3) is 0 Å². The molecule has 0 aromatic rings. The summed E-state index contributed by atoms with van der Waals surface area (Å²) in [7, 11) is 2.07. The lowest BCUT2D eigenvalue weighted by Crippen LogP contribution is -2.26. The van der Waals surface area contributed by atoms with Gasteiger partial charge in [0, 0.05) is 6.04 Å². The molecule has 1 aliphatic rings. The highest BCUT2D eigenvalue weighted by atomic mass is 14.9. The molecule has 0 unspecified atom stereocenters. The summed E-state index contributed by atoms with van der Waals surface area (Å²) in [6, 6.07) is 0.837. The van der Waals surface area contributed by atoms with E-state index in [-0.39, 0.29) is 7.43 Å². The molecule has 0 spiro atoms. The fourth-order valence-corrected chi connectivity index (χ4v) is 1.39. The average Bonchev–Trinajstić information content (AvgIpc) is 2.10. The van der Waals surface area contributed by atoms with Gasteiger partial charge in [-0.1, -0.05) is 40.5 Å². The summed E-state index contributed by atoms with van der Waals surface area (Å²) in [4.78, 5) is 0. The van der Waals surface area contributed by atoms with Crippen LogP contribution in [0.3, 0.4) is 0 Å². The first kappa shape index (κ1) is 13.5.